The van der Waals surface area contributed by atoms with E-state index in [2.05, 4.69) is 21.8 Å². The molecule has 1 N–H and O–H groups in total. The van der Waals surface area contributed by atoms with Crippen LogP contribution in [0.2, 0.25) is 0 Å². The Bertz CT molecular complexity index is 1010. The molecular formula is C24H26N4O2. The summed E-state index contributed by atoms with van der Waals surface area (Å²) in [6.45, 7) is 4.46. The molecule has 0 saturated carbocycles. The van der Waals surface area contributed by atoms with Crippen molar-refractivity contribution in [2.45, 2.75) is 6.10 Å². The van der Waals surface area contributed by atoms with Crippen LogP contribution in [0.3, 0.4) is 0 Å². The molecule has 0 aliphatic carbocycles. The molecule has 1 fully saturated rings. The largest absolute Gasteiger partial charge is 0.389 e. The number of nitrogens with zero attached hydrogens (tertiary/aromatic N) is 4. The maximum absolute atomic E-state index is 10.1. The van der Waals surface area contributed by atoms with Crippen LogP contribution in [-0.4, -0.2) is 72.0 Å². The number of piperazine rings is 1. The molecule has 1 unspecified atom stereocenters. The molecule has 6 nitrogen and oxygen atoms in total. The van der Waals surface area contributed by atoms with E-state index in [9.17, 15) is 5.11 Å². The monoisotopic (exact) mass is 402 g/mol. The van der Waals surface area contributed by atoms with E-state index < -0.39 is 6.10 Å². The van der Waals surface area contributed by atoms with Gasteiger partial charge < -0.3 is 14.7 Å². The van der Waals surface area contributed by atoms with Gasteiger partial charge in [-0.05, 0) is 12.1 Å². The topological polar surface area (TPSA) is 61.7 Å². The zero-order valence-electron chi connectivity index (χ0n) is 16.9. The fourth-order valence-corrected chi connectivity index (χ4v) is 3.76. The van der Waals surface area contributed by atoms with Gasteiger partial charge in [-0.1, -0.05) is 48.4 Å². The molecule has 1 aliphatic heterocycles. The number of β-amino-alcohol motifs (C(OH)–C–C–N with tert-alkyl or cyclic N) is 1. The summed E-state index contributed by atoms with van der Waals surface area (Å²) in [5, 5.41) is 11.2. The van der Waals surface area contributed by atoms with Crippen molar-refractivity contribution in [3.63, 3.8) is 0 Å². The first kappa shape index (κ1) is 20.3. The average molecular weight is 402 g/mol. The van der Waals surface area contributed by atoms with E-state index in [-0.39, 0.29) is 13.2 Å². The maximum atomic E-state index is 10.1. The molecule has 30 heavy (non-hydrogen) atoms. The van der Waals surface area contributed by atoms with Crippen molar-refractivity contribution in [1.82, 2.24) is 14.9 Å². The summed E-state index contributed by atoms with van der Waals surface area (Å²) < 4.78 is 5.24. The van der Waals surface area contributed by atoms with Crippen molar-refractivity contribution in [2.24, 2.45) is 0 Å². The number of aliphatic hydroxyl groups excluding tert-OH is 1. The Balaban J connectivity index is 1.49. The number of hydrogen-bond acceptors (Lipinski definition) is 6. The predicted molar refractivity (Wildman–Crippen MR) is 119 cm³/mol. The Morgan fingerprint density at radius 3 is 2.50 bits per heavy atom. The fraction of sp³-hybridized carbons (Fsp3) is 0.333. The number of para-hydroxylation sites is 1. The van der Waals surface area contributed by atoms with Gasteiger partial charge in [0, 0.05) is 43.7 Å². The van der Waals surface area contributed by atoms with E-state index in [1.165, 1.54) is 0 Å². The lowest BCUT2D eigenvalue weighted by molar-refractivity contribution is 0.0267. The zero-order chi connectivity index (χ0) is 20.8. The van der Waals surface area contributed by atoms with Crippen LogP contribution < -0.4 is 4.90 Å². The van der Waals surface area contributed by atoms with E-state index in [1.54, 1.807) is 0 Å². The highest BCUT2D eigenvalue weighted by molar-refractivity contribution is 5.91. The minimum atomic E-state index is -0.533. The SMILES string of the molecule is C#CCOCC(O)CN1CCN(c2nc(-c3ccccc3)nc3ccccc23)CC1. The van der Waals surface area contributed by atoms with Crippen LogP contribution in [0, 0.1) is 12.3 Å². The zero-order valence-corrected chi connectivity index (χ0v) is 16.9. The number of terminal acetylenes is 1. The van der Waals surface area contributed by atoms with Crippen LogP contribution in [0.4, 0.5) is 5.82 Å². The first-order valence-corrected chi connectivity index (χ1v) is 10.2. The summed E-state index contributed by atoms with van der Waals surface area (Å²) in [6, 6.07) is 18.2. The third kappa shape index (κ3) is 4.77. The molecule has 3 aromatic rings. The van der Waals surface area contributed by atoms with Gasteiger partial charge in [0.05, 0.1) is 18.2 Å². The molecule has 2 heterocycles. The lowest BCUT2D eigenvalue weighted by Gasteiger charge is -2.36. The highest BCUT2D eigenvalue weighted by Crippen LogP contribution is 2.28. The number of hydrogen-bond donors (Lipinski definition) is 1. The van der Waals surface area contributed by atoms with E-state index in [0.29, 0.717) is 6.54 Å². The number of fused-ring (bicyclic) bond motifs is 1. The van der Waals surface area contributed by atoms with Crippen LogP contribution in [0.5, 0.6) is 0 Å². The molecule has 1 saturated heterocycles. The smallest absolute Gasteiger partial charge is 0.162 e. The Morgan fingerprint density at radius 2 is 1.73 bits per heavy atom. The van der Waals surface area contributed by atoms with Gasteiger partial charge in [0.15, 0.2) is 5.82 Å². The molecular weight excluding hydrogens is 376 g/mol. The van der Waals surface area contributed by atoms with Crippen molar-refractivity contribution in [1.29, 1.82) is 0 Å². The molecule has 1 aromatic heterocycles. The number of aliphatic hydroxyl groups is 1. The molecule has 154 valence electrons. The van der Waals surface area contributed by atoms with Gasteiger partial charge in [0.1, 0.15) is 12.4 Å². The van der Waals surface area contributed by atoms with Crippen LogP contribution in [-0.2, 0) is 4.74 Å². The summed E-state index contributed by atoms with van der Waals surface area (Å²) in [7, 11) is 0. The van der Waals surface area contributed by atoms with Gasteiger partial charge in [-0.25, -0.2) is 9.97 Å². The third-order valence-electron chi connectivity index (χ3n) is 5.25. The summed E-state index contributed by atoms with van der Waals surface area (Å²) in [6.07, 6.45) is 4.64. The van der Waals surface area contributed by atoms with Crippen LogP contribution >= 0.6 is 0 Å². The van der Waals surface area contributed by atoms with Crippen molar-refractivity contribution in [2.75, 3.05) is 50.8 Å². The molecule has 0 amide bonds. The van der Waals surface area contributed by atoms with E-state index in [4.69, 9.17) is 21.1 Å². The molecule has 4 rings (SSSR count). The number of aromatic nitrogens is 2. The maximum Gasteiger partial charge on any atom is 0.162 e. The van der Waals surface area contributed by atoms with Gasteiger partial charge in [0.2, 0.25) is 0 Å². The first-order valence-electron chi connectivity index (χ1n) is 10.2. The van der Waals surface area contributed by atoms with Crippen molar-refractivity contribution in [3.05, 3.63) is 54.6 Å². The summed E-state index contributed by atoms with van der Waals surface area (Å²) >= 11 is 0. The molecule has 0 spiro atoms. The van der Waals surface area contributed by atoms with Gasteiger partial charge in [-0.2, -0.15) is 0 Å². The summed E-state index contributed by atoms with van der Waals surface area (Å²) in [5.74, 6) is 4.13. The molecule has 1 aliphatic rings. The predicted octanol–water partition coefficient (Wildman–Crippen LogP) is 2.43. The quantitative estimate of drug-likeness (QED) is 0.484. The van der Waals surface area contributed by atoms with Gasteiger partial charge in [0.25, 0.3) is 0 Å². The Labute approximate surface area is 177 Å². The Kier molecular flexibility index (Phi) is 6.55. The highest BCUT2D eigenvalue weighted by Gasteiger charge is 2.22. The Hall–Kier alpha value is -2.98. The minimum Gasteiger partial charge on any atom is -0.389 e. The van der Waals surface area contributed by atoms with Gasteiger partial charge in [-0.3, -0.25) is 4.90 Å². The van der Waals surface area contributed by atoms with Crippen molar-refractivity contribution >= 4 is 16.7 Å². The van der Waals surface area contributed by atoms with Crippen molar-refractivity contribution < 1.29 is 9.84 Å². The van der Waals surface area contributed by atoms with Gasteiger partial charge in [-0.15, -0.1) is 6.42 Å². The number of benzene rings is 2. The van der Waals surface area contributed by atoms with Crippen molar-refractivity contribution in [3.8, 4) is 23.7 Å². The lowest BCUT2D eigenvalue weighted by Crippen LogP contribution is -2.49. The van der Waals surface area contributed by atoms with Crippen LogP contribution in [0.1, 0.15) is 0 Å². The summed E-state index contributed by atoms with van der Waals surface area (Å²) in [4.78, 5) is 14.3. The van der Waals surface area contributed by atoms with E-state index in [1.807, 2.05) is 48.5 Å². The minimum absolute atomic E-state index is 0.232. The van der Waals surface area contributed by atoms with Crippen LogP contribution in [0.15, 0.2) is 54.6 Å². The second-order valence-corrected chi connectivity index (χ2v) is 7.41. The standard InChI is InChI=1S/C24H26N4O2/c1-2-16-30-18-20(29)17-27-12-14-28(15-13-27)24-21-10-6-7-11-22(21)25-23(26-24)19-8-4-3-5-9-19/h1,3-11,20,29H,12-18H2. The molecule has 0 radical (unpaired) electrons. The van der Waals surface area contributed by atoms with Crippen LogP contribution in [0.25, 0.3) is 22.3 Å². The first-order chi connectivity index (χ1) is 14.7. The Morgan fingerprint density at radius 1 is 1.00 bits per heavy atom. The average Bonchev–Trinajstić information content (AvgIpc) is 2.80. The molecule has 0 bridgehead atoms. The highest BCUT2D eigenvalue weighted by atomic mass is 16.5. The molecule has 1 atom stereocenters. The number of anilines is 1. The third-order valence-corrected chi connectivity index (χ3v) is 5.25. The second-order valence-electron chi connectivity index (χ2n) is 7.41. The molecule has 2 aromatic carbocycles. The normalized spacial score (nSPS) is 15.8. The number of ether oxygens (including phenoxy) is 1. The van der Waals surface area contributed by atoms with E-state index >= 15 is 0 Å². The van der Waals surface area contributed by atoms with Gasteiger partial charge >= 0.3 is 0 Å². The number of rotatable bonds is 7. The van der Waals surface area contributed by atoms with E-state index in [0.717, 1.165) is 54.3 Å². The fourth-order valence-electron chi connectivity index (χ4n) is 3.76. The summed E-state index contributed by atoms with van der Waals surface area (Å²) in [5.41, 5.74) is 1.96. The lowest BCUT2D eigenvalue weighted by atomic mass is 10.1. The second kappa shape index (κ2) is 9.68. The molecule has 6 heteroatoms.